The van der Waals surface area contributed by atoms with E-state index in [1.807, 2.05) is 94.4 Å². The molecule has 21 heteroatoms. The SMILES string of the molecule is CNC(CC1CC1)C(=O)OC(Cc1ccc(N2CCOCC2)cc1)C(=O)N(C)C(CC(C)C)C(=O)OC(C)C(=O)N(C)C(CC1CC1)C(=O)OC(Cc1ccc(N2CCOCC2)cc1)C(=O)N(C)C(CC(C)C)C(=O)OC(C)C(=O)OCc1ccccc1. The number of carbonyl (C=O) groups excluding carboxylic acids is 8. The fourth-order valence-corrected chi connectivity index (χ4v) is 11.0. The van der Waals surface area contributed by atoms with E-state index in [4.69, 9.17) is 33.2 Å². The van der Waals surface area contributed by atoms with Crippen LogP contribution in [0.2, 0.25) is 0 Å². The van der Waals surface area contributed by atoms with E-state index >= 15 is 4.79 Å². The lowest BCUT2D eigenvalue weighted by atomic mass is 10.0. The van der Waals surface area contributed by atoms with Crippen LogP contribution in [0.15, 0.2) is 78.9 Å². The summed E-state index contributed by atoms with van der Waals surface area (Å²) in [5.41, 5.74) is 4.08. The Kier molecular flexibility index (Phi) is 25.6. The first-order valence-corrected chi connectivity index (χ1v) is 31.4. The zero-order chi connectivity index (χ0) is 63.6. The number of hydrogen-bond donors (Lipinski definition) is 1. The Balaban J connectivity index is 1.08. The number of carbonyl (C=O) groups is 8. The molecule has 8 atom stereocenters. The van der Waals surface area contributed by atoms with Crippen molar-refractivity contribution in [3.63, 3.8) is 0 Å². The van der Waals surface area contributed by atoms with Crippen molar-refractivity contribution in [2.75, 3.05) is 90.6 Å². The number of rotatable bonds is 32. The zero-order valence-electron chi connectivity index (χ0n) is 53.2. The number of ether oxygens (including phenoxy) is 7. The summed E-state index contributed by atoms with van der Waals surface area (Å²) >= 11 is 0. The fraction of sp³-hybridized carbons (Fsp3) is 0.612. The Bertz CT molecular complexity index is 2780. The molecule has 3 aromatic rings. The molecule has 2 aliphatic heterocycles. The third-order valence-electron chi connectivity index (χ3n) is 16.8. The third-order valence-corrected chi connectivity index (χ3v) is 16.8. The van der Waals surface area contributed by atoms with Gasteiger partial charge in [0.25, 0.3) is 17.7 Å². The second-order valence-corrected chi connectivity index (χ2v) is 24.9. The molecule has 7 rings (SSSR count). The standard InChI is InChI=1S/C67H94N6O15/c1-43(2)36-55(70(9)61(75)58(87-64(78)54(68-7)38-47-16-17-47)40-49-20-24-52(25-21-49)72-28-32-82-33-29-72)65(79)85-45(5)60(74)69(8)57(39-48-18-19-48)67(81)88-59(41-50-22-26-53(27-23-50)73-30-34-83-35-31-73)62(76)71(10)56(37-44(3)4)66(80)86-46(6)63(77)84-42-51-14-12-11-13-15-51/h11-15,20-27,43-48,54-59,68H,16-19,28-42H2,1-10H3. The van der Waals surface area contributed by atoms with E-state index in [1.165, 1.54) is 49.7 Å². The number of nitrogens with one attached hydrogen (secondary N) is 1. The molecule has 2 saturated carbocycles. The number of esters is 5. The average Bonchev–Trinajstić information content (AvgIpc) is 2.71. The van der Waals surface area contributed by atoms with Gasteiger partial charge in [-0.1, -0.05) is 108 Å². The Morgan fingerprint density at radius 3 is 1.33 bits per heavy atom. The summed E-state index contributed by atoms with van der Waals surface area (Å²) in [7, 11) is 5.99. The highest BCUT2D eigenvalue weighted by molar-refractivity contribution is 5.93. The second-order valence-electron chi connectivity index (χ2n) is 24.9. The van der Waals surface area contributed by atoms with Gasteiger partial charge in [-0.25, -0.2) is 19.2 Å². The van der Waals surface area contributed by atoms with E-state index in [0.29, 0.717) is 57.4 Å². The highest BCUT2D eigenvalue weighted by Gasteiger charge is 2.43. The van der Waals surface area contributed by atoms with E-state index in [1.54, 1.807) is 19.2 Å². The van der Waals surface area contributed by atoms with Crippen molar-refractivity contribution in [3.8, 4) is 0 Å². The summed E-state index contributed by atoms with van der Waals surface area (Å²) in [5.74, 6) is -5.86. The minimum atomic E-state index is -1.51. The van der Waals surface area contributed by atoms with Gasteiger partial charge in [-0.3, -0.25) is 19.2 Å². The van der Waals surface area contributed by atoms with Gasteiger partial charge in [0.2, 0.25) is 0 Å². The smallest absolute Gasteiger partial charge is 0.347 e. The monoisotopic (exact) mass is 1220 g/mol. The molecule has 0 aromatic heterocycles. The Morgan fingerprint density at radius 2 is 0.898 bits per heavy atom. The van der Waals surface area contributed by atoms with Gasteiger partial charge < -0.3 is 63.0 Å². The largest absolute Gasteiger partial charge is 0.458 e. The molecule has 1 N–H and O–H groups in total. The number of anilines is 2. The summed E-state index contributed by atoms with van der Waals surface area (Å²) in [6.45, 7) is 15.6. The molecular formula is C67H94N6O15. The molecule has 3 aromatic carbocycles. The number of amides is 3. The van der Waals surface area contributed by atoms with Crippen LogP contribution in [0.3, 0.4) is 0 Å². The van der Waals surface area contributed by atoms with Crippen molar-refractivity contribution in [1.82, 2.24) is 20.0 Å². The van der Waals surface area contributed by atoms with Crippen LogP contribution < -0.4 is 15.1 Å². The highest BCUT2D eigenvalue weighted by Crippen LogP contribution is 2.36. The average molecular weight is 1220 g/mol. The van der Waals surface area contributed by atoms with Gasteiger partial charge in [-0.15, -0.1) is 0 Å². The van der Waals surface area contributed by atoms with Crippen molar-refractivity contribution in [3.05, 3.63) is 95.6 Å². The second kappa shape index (κ2) is 32.9. The summed E-state index contributed by atoms with van der Waals surface area (Å²) in [4.78, 5) is 123. The van der Waals surface area contributed by atoms with E-state index in [-0.39, 0.29) is 56.5 Å². The molecule has 4 fully saturated rings. The van der Waals surface area contributed by atoms with Crippen LogP contribution in [0, 0.1) is 23.7 Å². The van der Waals surface area contributed by atoms with Crippen LogP contribution in [0.4, 0.5) is 11.4 Å². The summed E-state index contributed by atoms with van der Waals surface area (Å²) in [5, 5.41) is 3.06. The lowest BCUT2D eigenvalue weighted by Gasteiger charge is -2.34. The maximum Gasteiger partial charge on any atom is 0.347 e. The first kappa shape index (κ1) is 68.4. The molecule has 2 heterocycles. The predicted octanol–water partition coefficient (Wildman–Crippen LogP) is 6.34. The van der Waals surface area contributed by atoms with Gasteiger partial charge in [0.1, 0.15) is 30.8 Å². The molecule has 2 saturated heterocycles. The predicted molar refractivity (Wildman–Crippen MR) is 330 cm³/mol. The minimum absolute atomic E-state index is 0.0297. The molecule has 4 aliphatic rings. The van der Waals surface area contributed by atoms with Gasteiger partial charge in [-0.05, 0) is 111 Å². The number of nitrogens with zero attached hydrogens (tertiary/aromatic N) is 5. The molecule has 8 unspecified atom stereocenters. The summed E-state index contributed by atoms with van der Waals surface area (Å²) in [6.07, 6.45) is -1.04. The van der Waals surface area contributed by atoms with E-state index in [9.17, 15) is 33.6 Å². The van der Waals surface area contributed by atoms with Gasteiger partial charge in [0.05, 0.1) is 26.4 Å². The van der Waals surface area contributed by atoms with Crippen molar-refractivity contribution in [2.24, 2.45) is 23.7 Å². The number of benzene rings is 3. The molecule has 3 amide bonds. The minimum Gasteiger partial charge on any atom is -0.458 e. The van der Waals surface area contributed by atoms with E-state index < -0.39 is 96.2 Å². The third kappa shape index (κ3) is 20.2. The molecular weight excluding hydrogens is 1130 g/mol. The zero-order valence-corrected chi connectivity index (χ0v) is 53.2. The van der Waals surface area contributed by atoms with Crippen molar-refractivity contribution in [1.29, 1.82) is 0 Å². The lowest BCUT2D eigenvalue weighted by Crippen LogP contribution is -2.53. The van der Waals surface area contributed by atoms with Gasteiger partial charge in [0, 0.05) is 71.5 Å². The Hall–Kier alpha value is -7.10. The van der Waals surface area contributed by atoms with Crippen LogP contribution in [0.25, 0.3) is 0 Å². The first-order valence-electron chi connectivity index (χ1n) is 31.4. The molecule has 88 heavy (non-hydrogen) atoms. The summed E-state index contributed by atoms with van der Waals surface area (Å²) in [6, 6.07) is 20.0. The first-order chi connectivity index (χ1) is 42.1. The molecule has 0 spiro atoms. The quantitative estimate of drug-likeness (QED) is 0.0531. The highest BCUT2D eigenvalue weighted by atomic mass is 16.6. The normalized spacial score (nSPS) is 17.9. The van der Waals surface area contributed by atoms with Crippen LogP contribution in [-0.2, 0) is 91.0 Å². The molecule has 0 radical (unpaired) electrons. The number of morpholine rings is 2. The number of likely N-dealkylation sites (N-methyl/N-ethyl adjacent to an activating group) is 4. The Labute approximate surface area is 519 Å². The molecule has 2 aliphatic carbocycles. The van der Waals surface area contributed by atoms with E-state index in [2.05, 4.69) is 15.1 Å². The Morgan fingerprint density at radius 1 is 0.489 bits per heavy atom. The lowest BCUT2D eigenvalue weighted by molar-refractivity contribution is -0.175. The topological polar surface area (TPSA) is 229 Å². The van der Waals surface area contributed by atoms with Gasteiger partial charge in [-0.2, -0.15) is 0 Å². The van der Waals surface area contributed by atoms with Crippen molar-refractivity contribution >= 4 is 58.9 Å². The van der Waals surface area contributed by atoms with Gasteiger partial charge in [0.15, 0.2) is 24.4 Å². The molecule has 21 nitrogen and oxygen atoms in total. The fourth-order valence-electron chi connectivity index (χ4n) is 11.0. The molecule has 482 valence electrons. The maximum atomic E-state index is 15.0. The van der Waals surface area contributed by atoms with Crippen molar-refractivity contribution in [2.45, 2.75) is 161 Å². The van der Waals surface area contributed by atoms with Gasteiger partial charge >= 0.3 is 29.8 Å². The summed E-state index contributed by atoms with van der Waals surface area (Å²) < 4.78 is 40.5. The molecule has 0 bridgehead atoms. The van der Waals surface area contributed by atoms with Crippen LogP contribution in [0.5, 0.6) is 0 Å². The van der Waals surface area contributed by atoms with Crippen LogP contribution >= 0.6 is 0 Å². The van der Waals surface area contributed by atoms with Crippen molar-refractivity contribution < 1.29 is 71.5 Å². The van der Waals surface area contributed by atoms with Crippen LogP contribution in [-0.4, -0.2) is 192 Å². The van der Waals surface area contributed by atoms with Crippen LogP contribution in [0.1, 0.15) is 110 Å². The van der Waals surface area contributed by atoms with E-state index in [0.717, 1.165) is 61.3 Å². The maximum absolute atomic E-state index is 15.0. The number of hydrogen-bond acceptors (Lipinski definition) is 18.